The quantitative estimate of drug-likeness (QED) is 0.576. The fraction of sp³-hybridized carbons (Fsp3) is 0.909. The first-order chi connectivity index (χ1) is 5.77. The minimum Gasteiger partial charge on any atom is -0.303 e. The number of rotatable bonds is 2. The van der Waals surface area contributed by atoms with Crippen LogP contribution in [0.15, 0.2) is 0 Å². The lowest BCUT2D eigenvalue weighted by Gasteiger charge is -2.39. The van der Waals surface area contributed by atoms with Gasteiger partial charge in [-0.2, -0.15) is 0 Å². The third-order valence-corrected chi connectivity index (χ3v) is 3.98. The molecular weight excluding hydrogens is 148 g/mol. The first kappa shape index (κ1) is 8.28. The Kier molecular flexibility index (Phi) is 1.97. The molecular formula is C11H18O. The van der Waals surface area contributed by atoms with E-state index >= 15 is 0 Å². The Labute approximate surface area is 74.5 Å². The van der Waals surface area contributed by atoms with E-state index in [4.69, 9.17) is 0 Å². The molecule has 68 valence electrons. The molecule has 2 atom stereocenters. The highest BCUT2D eigenvalue weighted by Gasteiger charge is 2.45. The summed E-state index contributed by atoms with van der Waals surface area (Å²) >= 11 is 0. The lowest BCUT2D eigenvalue weighted by Crippen LogP contribution is -2.34. The molecule has 2 rings (SSSR count). The zero-order valence-electron chi connectivity index (χ0n) is 7.88. The van der Waals surface area contributed by atoms with Crippen LogP contribution in [0.4, 0.5) is 0 Å². The molecule has 0 aliphatic heterocycles. The third-order valence-electron chi connectivity index (χ3n) is 3.98. The molecule has 0 heterocycles. The number of hydrogen-bond acceptors (Lipinski definition) is 1. The normalized spacial score (nSPS) is 42.6. The zero-order valence-corrected chi connectivity index (χ0v) is 7.88. The molecule has 0 N–H and O–H groups in total. The highest BCUT2D eigenvalue weighted by Crippen LogP contribution is 2.52. The fourth-order valence-corrected chi connectivity index (χ4v) is 2.93. The molecule has 12 heavy (non-hydrogen) atoms. The molecule has 0 radical (unpaired) electrons. The maximum absolute atomic E-state index is 11.1. The first-order valence-electron chi connectivity index (χ1n) is 5.23. The van der Waals surface area contributed by atoms with Crippen LogP contribution in [0.5, 0.6) is 0 Å². The van der Waals surface area contributed by atoms with E-state index in [1.165, 1.54) is 44.8 Å². The Morgan fingerprint density at radius 2 is 2.08 bits per heavy atom. The second-order valence-electron chi connectivity index (χ2n) is 4.83. The van der Waals surface area contributed by atoms with Crippen molar-refractivity contribution < 1.29 is 4.79 Å². The van der Waals surface area contributed by atoms with Gasteiger partial charge in [0, 0.05) is 5.41 Å². The highest BCUT2D eigenvalue weighted by molar-refractivity contribution is 5.61. The van der Waals surface area contributed by atoms with Gasteiger partial charge in [-0.1, -0.05) is 13.3 Å². The Hall–Kier alpha value is -0.330. The summed E-state index contributed by atoms with van der Waals surface area (Å²) in [5, 5.41) is 0. The molecule has 2 aliphatic carbocycles. The summed E-state index contributed by atoms with van der Waals surface area (Å²) < 4.78 is 0. The minimum absolute atomic E-state index is 0.123. The van der Waals surface area contributed by atoms with E-state index in [0.29, 0.717) is 0 Å². The fourth-order valence-electron chi connectivity index (χ4n) is 2.93. The molecule has 0 spiro atoms. The van der Waals surface area contributed by atoms with Crippen molar-refractivity contribution in [2.75, 3.05) is 0 Å². The Morgan fingerprint density at radius 3 is 2.42 bits per heavy atom. The van der Waals surface area contributed by atoms with E-state index in [-0.39, 0.29) is 5.41 Å². The Balaban J connectivity index is 2.08. The summed E-state index contributed by atoms with van der Waals surface area (Å²) in [5.41, 5.74) is 0.123. The van der Waals surface area contributed by atoms with Gasteiger partial charge in [0.15, 0.2) is 0 Å². The van der Waals surface area contributed by atoms with Gasteiger partial charge in [0.1, 0.15) is 6.29 Å². The molecule has 0 aromatic heterocycles. The van der Waals surface area contributed by atoms with Crippen molar-refractivity contribution in [3.05, 3.63) is 0 Å². The monoisotopic (exact) mass is 166 g/mol. The standard InChI is InChI=1S/C11H18O/c1-9-5-6-11(7-9,8-12)10-3-2-4-10/h8-10H,2-7H2,1H3. The number of aldehydes is 1. The maximum atomic E-state index is 11.1. The zero-order chi connectivity index (χ0) is 8.60. The predicted octanol–water partition coefficient (Wildman–Crippen LogP) is 2.79. The molecule has 2 aliphatic rings. The lowest BCUT2D eigenvalue weighted by molar-refractivity contribution is -0.120. The first-order valence-corrected chi connectivity index (χ1v) is 5.23. The van der Waals surface area contributed by atoms with Gasteiger partial charge in [-0.05, 0) is 43.9 Å². The van der Waals surface area contributed by atoms with Crippen molar-refractivity contribution in [2.24, 2.45) is 17.3 Å². The van der Waals surface area contributed by atoms with Gasteiger partial charge >= 0.3 is 0 Å². The second-order valence-corrected chi connectivity index (χ2v) is 4.83. The average molecular weight is 166 g/mol. The van der Waals surface area contributed by atoms with Crippen molar-refractivity contribution >= 4 is 6.29 Å². The average Bonchev–Trinajstić information content (AvgIpc) is 2.30. The van der Waals surface area contributed by atoms with Gasteiger partial charge in [0.25, 0.3) is 0 Å². The van der Waals surface area contributed by atoms with Crippen LogP contribution in [0.3, 0.4) is 0 Å². The summed E-state index contributed by atoms with van der Waals surface area (Å²) in [4.78, 5) is 11.1. The maximum Gasteiger partial charge on any atom is 0.126 e. The van der Waals surface area contributed by atoms with Crippen LogP contribution in [0.25, 0.3) is 0 Å². The van der Waals surface area contributed by atoms with E-state index in [0.717, 1.165) is 11.8 Å². The van der Waals surface area contributed by atoms with Gasteiger partial charge in [0.05, 0.1) is 0 Å². The molecule has 0 aromatic carbocycles. The number of carbonyl (C=O) groups excluding carboxylic acids is 1. The van der Waals surface area contributed by atoms with Crippen LogP contribution in [0.1, 0.15) is 45.4 Å². The topological polar surface area (TPSA) is 17.1 Å². The summed E-state index contributed by atoms with van der Waals surface area (Å²) in [5.74, 6) is 1.54. The van der Waals surface area contributed by atoms with Gasteiger partial charge in [0.2, 0.25) is 0 Å². The molecule has 1 heteroatoms. The molecule has 0 amide bonds. The van der Waals surface area contributed by atoms with E-state index in [1.807, 2.05) is 0 Å². The highest BCUT2D eigenvalue weighted by atomic mass is 16.1. The van der Waals surface area contributed by atoms with Crippen molar-refractivity contribution in [1.29, 1.82) is 0 Å². The van der Waals surface area contributed by atoms with Crippen LogP contribution < -0.4 is 0 Å². The largest absolute Gasteiger partial charge is 0.303 e. The van der Waals surface area contributed by atoms with Crippen LogP contribution in [-0.4, -0.2) is 6.29 Å². The Morgan fingerprint density at radius 1 is 1.33 bits per heavy atom. The van der Waals surface area contributed by atoms with Crippen LogP contribution in [0, 0.1) is 17.3 Å². The Bertz CT molecular complexity index is 183. The number of hydrogen-bond donors (Lipinski definition) is 0. The molecule has 1 nitrogen and oxygen atoms in total. The van der Waals surface area contributed by atoms with E-state index in [9.17, 15) is 4.79 Å². The summed E-state index contributed by atoms with van der Waals surface area (Å²) in [6.07, 6.45) is 8.87. The molecule has 0 aromatic rings. The molecule has 2 saturated carbocycles. The van der Waals surface area contributed by atoms with Crippen molar-refractivity contribution in [1.82, 2.24) is 0 Å². The predicted molar refractivity (Wildman–Crippen MR) is 48.9 cm³/mol. The summed E-state index contributed by atoms with van der Waals surface area (Å²) in [6, 6.07) is 0. The second kappa shape index (κ2) is 2.86. The number of carbonyl (C=O) groups is 1. The van der Waals surface area contributed by atoms with E-state index in [2.05, 4.69) is 6.92 Å². The van der Waals surface area contributed by atoms with Crippen LogP contribution >= 0.6 is 0 Å². The van der Waals surface area contributed by atoms with Crippen molar-refractivity contribution in [2.45, 2.75) is 45.4 Å². The summed E-state index contributed by atoms with van der Waals surface area (Å²) in [7, 11) is 0. The van der Waals surface area contributed by atoms with Gasteiger partial charge in [-0.15, -0.1) is 0 Å². The lowest BCUT2D eigenvalue weighted by atomic mass is 9.65. The summed E-state index contributed by atoms with van der Waals surface area (Å²) in [6.45, 7) is 2.28. The van der Waals surface area contributed by atoms with Gasteiger partial charge in [-0.25, -0.2) is 0 Å². The van der Waals surface area contributed by atoms with Crippen molar-refractivity contribution in [3.63, 3.8) is 0 Å². The van der Waals surface area contributed by atoms with Crippen molar-refractivity contribution in [3.8, 4) is 0 Å². The van der Waals surface area contributed by atoms with Crippen LogP contribution in [-0.2, 0) is 4.79 Å². The molecule has 2 fully saturated rings. The SMILES string of the molecule is CC1CCC(C=O)(C2CCC2)C1. The minimum atomic E-state index is 0.123. The third kappa shape index (κ3) is 1.10. The van der Waals surface area contributed by atoms with Crippen LogP contribution in [0.2, 0.25) is 0 Å². The smallest absolute Gasteiger partial charge is 0.126 e. The van der Waals surface area contributed by atoms with Gasteiger partial charge in [-0.3, -0.25) is 0 Å². The molecule has 2 unspecified atom stereocenters. The van der Waals surface area contributed by atoms with Gasteiger partial charge < -0.3 is 4.79 Å². The molecule has 0 saturated heterocycles. The molecule has 0 bridgehead atoms. The van der Waals surface area contributed by atoms with E-state index in [1.54, 1.807) is 0 Å². The van der Waals surface area contributed by atoms with E-state index < -0.39 is 0 Å².